The molecule has 1 heterocycles. The van der Waals surface area contributed by atoms with Gasteiger partial charge in [-0.05, 0) is 47.7 Å². The average Bonchev–Trinajstić information content (AvgIpc) is 2.96. The van der Waals surface area contributed by atoms with Gasteiger partial charge in [-0.2, -0.15) is 0 Å². The maximum Gasteiger partial charge on any atom is 0.251 e. The third kappa shape index (κ3) is 3.67. The lowest BCUT2D eigenvalue weighted by atomic mass is 10.0. The number of hydrogen-bond acceptors (Lipinski definition) is 2. The van der Waals surface area contributed by atoms with Gasteiger partial charge in [0.15, 0.2) is 0 Å². The Bertz CT molecular complexity index is 670. The predicted octanol–water partition coefficient (Wildman–Crippen LogP) is 2.99. The summed E-state index contributed by atoms with van der Waals surface area (Å²) in [5.41, 5.74) is 5.85. The van der Waals surface area contributed by atoms with Crippen molar-refractivity contribution in [2.45, 2.75) is 26.4 Å². The van der Waals surface area contributed by atoms with Crippen molar-refractivity contribution in [1.82, 2.24) is 10.6 Å². The van der Waals surface area contributed by atoms with Gasteiger partial charge in [-0.15, -0.1) is 12.4 Å². The number of rotatable bonds is 4. The fourth-order valence-corrected chi connectivity index (χ4v) is 2.74. The van der Waals surface area contributed by atoms with Crippen LogP contribution in [0.2, 0.25) is 0 Å². The lowest BCUT2D eigenvalue weighted by Crippen LogP contribution is -2.26. The van der Waals surface area contributed by atoms with Gasteiger partial charge in [0.05, 0.1) is 0 Å². The lowest BCUT2D eigenvalue weighted by Gasteiger charge is -2.08. The minimum atomic E-state index is 0. The molecule has 1 aliphatic rings. The molecule has 0 saturated carbocycles. The summed E-state index contributed by atoms with van der Waals surface area (Å²) in [5.74, 6) is 0.0123. The average molecular weight is 317 g/mol. The van der Waals surface area contributed by atoms with Gasteiger partial charge in [-0.3, -0.25) is 4.79 Å². The van der Waals surface area contributed by atoms with Gasteiger partial charge in [-0.25, -0.2) is 0 Å². The summed E-state index contributed by atoms with van der Waals surface area (Å²) in [7, 11) is 0. The highest BCUT2D eigenvalue weighted by Crippen LogP contribution is 2.17. The van der Waals surface area contributed by atoms with Crippen LogP contribution in [-0.2, 0) is 19.5 Å². The number of amides is 1. The molecule has 3 rings (SSSR count). The molecular weight excluding hydrogens is 296 g/mol. The van der Waals surface area contributed by atoms with Crippen molar-refractivity contribution in [2.24, 2.45) is 0 Å². The number of carbonyl (C=O) groups is 1. The summed E-state index contributed by atoms with van der Waals surface area (Å²) in [6.07, 6.45) is 0.866. The van der Waals surface area contributed by atoms with Gasteiger partial charge in [0.1, 0.15) is 0 Å². The number of aryl methyl sites for hydroxylation is 1. The quantitative estimate of drug-likeness (QED) is 0.910. The van der Waals surface area contributed by atoms with E-state index < -0.39 is 0 Å². The number of hydrogen-bond donors (Lipinski definition) is 2. The molecule has 1 aliphatic heterocycles. The van der Waals surface area contributed by atoms with Crippen molar-refractivity contribution in [1.29, 1.82) is 0 Å². The van der Waals surface area contributed by atoms with Gasteiger partial charge in [0, 0.05) is 25.2 Å². The first-order chi connectivity index (χ1) is 10.2. The third-order valence-corrected chi connectivity index (χ3v) is 4.04. The van der Waals surface area contributed by atoms with Crippen LogP contribution in [0.15, 0.2) is 42.5 Å². The first-order valence-electron chi connectivity index (χ1n) is 7.39. The predicted molar refractivity (Wildman–Crippen MR) is 91.4 cm³/mol. The second-order valence-electron chi connectivity index (χ2n) is 5.52. The normalized spacial score (nSPS) is 12.4. The Balaban J connectivity index is 0.00000176. The second-order valence-corrected chi connectivity index (χ2v) is 5.52. The van der Waals surface area contributed by atoms with Crippen LogP contribution < -0.4 is 10.6 Å². The van der Waals surface area contributed by atoms with Crippen molar-refractivity contribution >= 4 is 18.3 Å². The summed E-state index contributed by atoms with van der Waals surface area (Å²) >= 11 is 0. The number of fused-ring (bicyclic) bond motifs is 1. The summed E-state index contributed by atoms with van der Waals surface area (Å²) in [5, 5.41) is 6.30. The number of benzene rings is 2. The van der Waals surface area contributed by atoms with E-state index in [1.807, 2.05) is 30.3 Å². The highest BCUT2D eigenvalue weighted by atomic mass is 35.5. The molecule has 0 atom stereocenters. The first-order valence-corrected chi connectivity index (χ1v) is 7.39. The molecule has 116 valence electrons. The fraction of sp³-hybridized carbons (Fsp3) is 0.278. The fourth-order valence-electron chi connectivity index (χ4n) is 2.74. The van der Waals surface area contributed by atoms with Crippen molar-refractivity contribution in [3.8, 4) is 0 Å². The number of nitrogens with one attached hydrogen (secondary N) is 2. The topological polar surface area (TPSA) is 41.1 Å². The Kier molecular flexibility index (Phi) is 5.58. The minimum Gasteiger partial charge on any atom is -0.352 e. The zero-order valence-electron chi connectivity index (χ0n) is 12.7. The van der Waals surface area contributed by atoms with Crippen molar-refractivity contribution in [3.05, 3.63) is 70.3 Å². The molecule has 2 aromatic carbocycles. The zero-order chi connectivity index (χ0) is 14.7. The molecule has 0 unspecified atom stereocenters. The molecule has 0 radical (unpaired) electrons. The molecule has 2 N–H and O–H groups in total. The summed E-state index contributed by atoms with van der Waals surface area (Å²) in [6.45, 7) is 4.54. The standard InChI is InChI=1S/C18H20N2O.ClH/c1-13-4-2-3-5-14(13)8-9-20-18(21)15-6-7-16-11-19-12-17(16)10-15;/h2-7,10,19H,8-9,11-12H2,1H3,(H,20,21);1H. The molecule has 0 aromatic heterocycles. The van der Waals surface area contributed by atoms with Crippen molar-refractivity contribution < 1.29 is 4.79 Å². The van der Waals surface area contributed by atoms with Crippen LogP contribution in [0.25, 0.3) is 0 Å². The largest absolute Gasteiger partial charge is 0.352 e. The van der Waals surface area contributed by atoms with Crippen LogP contribution in [0.5, 0.6) is 0 Å². The van der Waals surface area contributed by atoms with Crippen LogP contribution in [0.1, 0.15) is 32.6 Å². The lowest BCUT2D eigenvalue weighted by molar-refractivity contribution is 0.0954. The molecule has 22 heavy (non-hydrogen) atoms. The van der Waals surface area contributed by atoms with Gasteiger partial charge in [0.2, 0.25) is 0 Å². The van der Waals surface area contributed by atoms with E-state index in [1.165, 1.54) is 22.3 Å². The van der Waals surface area contributed by atoms with Crippen LogP contribution >= 0.6 is 12.4 Å². The first kappa shape index (κ1) is 16.5. The van der Waals surface area contributed by atoms with E-state index in [9.17, 15) is 4.79 Å². The number of carbonyl (C=O) groups excluding carboxylic acids is 1. The highest BCUT2D eigenvalue weighted by molar-refractivity contribution is 5.94. The molecule has 0 fully saturated rings. The molecule has 2 aromatic rings. The van der Waals surface area contributed by atoms with E-state index in [-0.39, 0.29) is 18.3 Å². The van der Waals surface area contributed by atoms with Gasteiger partial charge >= 0.3 is 0 Å². The monoisotopic (exact) mass is 316 g/mol. The minimum absolute atomic E-state index is 0. The van der Waals surface area contributed by atoms with E-state index in [1.54, 1.807) is 0 Å². The SMILES string of the molecule is Cc1ccccc1CCNC(=O)c1ccc2c(c1)CNC2.Cl. The maximum atomic E-state index is 12.2. The van der Waals surface area contributed by atoms with Crippen LogP contribution in [0.4, 0.5) is 0 Å². The van der Waals surface area contributed by atoms with Gasteiger partial charge < -0.3 is 10.6 Å². The third-order valence-electron chi connectivity index (χ3n) is 4.04. The van der Waals surface area contributed by atoms with E-state index in [0.717, 1.165) is 25.1 Å². The molecule has 1 amide bonds. The summed E-state index contributed by atoms with van der Waals surface area (Å²) < 4.78 is 0. The molecule has 0 aliphatic carbocycles. The van der Waals surface area contributed by atoms with Crippen LogP contribution in [0.3, 0.4) is 0 Å². The van der Waals surface area contributed by atoms with E-state index in [0.29, 0.717) is 6.54 Å². The number of halogens is 1. The Morgan fingerprint density at radius 2 is 1.91 bits per heavy atom. The molecule has 0 spiro atoms. The Hall–Kier alpha value is -1.84. The highest BCUT2D eigenvalue weighted by Gasteiger charge is 2.13. The van der Waals surface area contributed by atoms with Crippen molar-refractivity contribution in [2.75, 3.05) is 6.54 Å². The Morgan fingerprint density at radius 1 is 1.14 bits per heavy atom. The van der Waals surface area contributed by atoms with Gasteiger partial charge in [-0.1, -0.05) is 30.3 Å². The van der Waals surface area contributed by atoms with E-state index in [2.05, 4.69) is 29.7 Å². The summed E-state index contributed by atoms with van der Waals surface area (Å²) in [4.78, 5) is 12.2. The Labute approximate surface area is 137 Å². The van der Waals surface area contributed by atoms with E-state index >= 15 is 0 Å². The zero-order valence-corrected chi connectivity index (χ0v) is 13.5. The van der Waals surface area contributed by atoms with Gasteiger partial charge in [0.25, 0.3) is 5.91 Å². The second kappa shape index (κ2) is 7.43. The summed E-state index contributed by atoms with van der Waals surface area (Å²) in [6, 6.07) is 14.2. The molecule has 0 bridgehead atoms. The molecule has 0 saturated heterocycles. The van der Waals surface area contributed by atoms with E-state index in [4.69, 9.17) is 0 Å². The maximum absolute atomic E-state index is 12.2. The smallest absolute Gasteiger partial charge is 0.251 e. The van der Waals surface area contributed by atoms with Crippen LogP contribution in [0, 0.1) is 6.92 Å². The van der Waals surface area contributed by atoms with Crippen LogP contribution in [-0.4, -0.2) is 12.5 Å². The molecule has 3 nitrogen and oxygen atoms in total. The molecule has 4 heteroatoms. The molecular formula is C18H21ClN2O. The Morgan fingerprint density at radius 3 is 2.73 bits per heavy atom. The van der Waals surface area contributed by atoms with Crippen molar-refractivity contribution in [3.63, 3.8) is 0 Å².